The number of rotatable bonds is 3. The van der Waals surface area contributed by atoms with E-state index in [2.05, 4.69) is 4.90 Å². The average Bonchev–Trinajstić information content (AvgIpc) is 2.64. The van der Waals surface area contributed by atoms with Crippen molar-refractivity contribution >= 4 is 23.2 Å². The first-order chi connectivity index (χ1) is 12.7. The molecule has 0 N–H and O–H groups in total. The van der Waals surface area contributed by atoms with Crippen LogP contribution < -0.4 is 4.90 Å². The molecule has 150 valence electrons. The number of halogens is 4. The molecule has 4 nitrogen and oxygen atoms in total. The van der Waals surface area contributed by atoms with Crippen molar-refractivity contribution in [1.82, 2.24) is 9.80 Å². The molecular formula is C19H25ClF3N3O. The molecule has 0 aromatic heterocycles. The molecule has 2 aliphatic rings. The fraction of sp³-hybridized carbons (Fsp3) is 0.632. The van der Waals surface area contributed by atoms with E-state index >= 15 is 0 Å². The van der Waals surface area contributed by atoms with Gasteiger partial charge in [0.15, 0.2) is 0 Å². The second kappa shape index (κ2) is 8.27. The summed E-state index contributed by atoms with van der Waals surface area (Å²) >= 11 is 6.10. The van der Waals surface area contributed by atoms with E-state index < -0.39 is 12.1 Å². The van der Waals surface area contributed by atoms with Crippen LogP contribution in [-0.4, -0.2) is 67.7 Å². The molecule has 3 rings (SSSR count). The minimum Gasteiger partial charge on any atom is -0.369 e. The summed E-state index contributed by atoms with van der Waals surface area (Å²) in [6, 6.07) is 5.80. The van der Waals surface area contributed by atoms with Gasteiger partial charge in [0.05, 0.1) is 12.5 Å². The summed E-state index contributed by atoms with van der Waals surface area (Å²) in [6.07, 6.45) is -3.69. The van der Waals surface area contributed by atoms with Crippen molar-refractivity contribution in [2.75, 3.05) is 50.7 Å². The second-order valence-electron chi connectivity index (χ2n) is 7.41. The van der Waals surface area contributed by atoms with Crippen LogP contribution in [0.2, 0.25) is 5.02 Å². The van der Waals surface area contributed by atoms with Gasteiger partial charge in [-0.25, -0.2) is 0 Å². The van der Waals surface area contributed by atoms with E-state index in [4.69, 9.17) is 11.6 Å². The number of hydrogen-bond acceptors (Lipinski definition) is 3. The lowest BCUT2D eigenvalue weighted by Gasteiger charge is -2.38. The van der Waals surface area contributed by atoms with Crippen molar-refractivity contribution in [3.05, 3.63) is 28.8 Å². The zero-order valence-electron chi connectivity index (χ0n) is 15.4. The second-order valence-corrected chi connectivity index (χ2v) is 7.85. The lowest BCUT2D eigenvalue weighted by molar-refractivity contribution is -0.188. The fourth-order valence-corrected chi connectivity index (χ4v) is 4.00. The Bertz CT molecular complexity index is 675. The van der Waals surface area contributed by atoms with E-state index in [-0.39, 0.29) is 25.4 Å². The summed E-state index contributed by atoms with van der Waals surface area (Å²) in [6.45, 7) is 5.38. The molecule has 1 unspecified atom stereocenters. The minimum absolute atomic E-state index is 0.116. The van der Waals surface area contributed by atoms with Crippen LogP contribution in [0.25, 0.3) is 0 Å². The number of amides is 1. The fourth-order valence-electron chi connectivity index (χ4n) is 3.83. The largest absolute Gasteiger partial charge is 0.393 e. The molecule has 2 aliphatic heterocycles. The Morgan fingerprint density at radius 1 is 1.19 bits per heavy atom. The van der Waals surface area contributed by atoms with Crippen molar-refractivity contribution in [2.45, 2.75) is 25.9 Å². The average molecular weight is 404 g/mol. The third-order valence-electron chi connectivity index (χ3n) is 5.48. The van der Waals surface area contributed by atoms with Gasteiger partial charge in [0, 0.05) is 50.0 Å². The Labute approximate surface area is 162 Å². The Balaban J connectivity index is 1.51. The Morgan fingerprint density at radius 2 is 1.89 bits per heavy atom. The number of aryl methyl sites for hydroxylation is 1. The molecule has 0 spiro atoms. The molecule has 0 radical (unpaired) electrons. The first kappa shape index (κ1) is 20.3. The van der Waals surface area contributed by atoms with Crippen LogP contribution in [0.15, 0.2) is 18.2 Å². The van der Waals surface area contributed by atoms with E-state index in [9.17, 15) is 18.0 Å². The summed E-state index contributed by atoms with van der Waals surface area (Å²) < 4.78 is 38.8. The van der Waals surface area contributed by atoms with Gasteiger partial charge in [-0.1, -0.05) is 17.7 Å². The summed E-state index contributed by atoms with van der Waals surface area (Å²) in [4.78, 5) is 18.1. The Hall–Kier alpha value is -1.47. The number of hydrogen-bond donors (Lipinski definition) is 0. The highest BCUT2D eigenvalue weighted by Gasteiger charge is 2.42. The Morgan fingerprint density at radius 3 is 2.56 bits per heavy atom. The number of likely N-dealkylation sites (tertiary alicyclic amines) is 1. The van der Waals surface area contributed by atoms with Crippen molar-refractivity contribution < 1.29 is 18.0 Å². The number of carbonyl (C=O) groups excluding carboxylic acids is 1. The van der Waals surface area contributed by atoms with E-state index in [1.807, 2.05) is 30.0 Å². The highest BCUT2D eigenvalue weighted by atomic mass is 35.5. The molecule has 2 saturated heterocycles. The molecular weight excluding hydrogens is 379 g/mol. The third kappa shape index (κ3) is 5.08. The highest BCUT2D eigenvalue weighted by molar-refractivity contribution is 6.30. The Kier molecular flexibility index (Phi) is 6.21. The molecule has 1 atom stereocenters. The van der Waals surface area contributed by atoms with Gasteiger partial charge in [-0.15, -0.1) is 0 Å². The van der Waals surface area contributed by atoms with Crippen LogP contribution >= 0.6 is 11.6 Å². The van der Waals surface area contributed by atoms with Gasteiger partial charge in [-0.05, 0) is 37.5 Å². The van der Waals surface area contributed by atoms with Crippen molar-refractivity contribution in [3.63, 3.8) is 0 Å². The zero-order chi connectivity index (χ0) is 19.6. The van der Waals surface area contributed by atoms with Gasteiger partial charge in [-0.2, -0.15) is 13.2 Å². The molecule has 1 aromatic rings. The van der Waals surface area contributed by atoms with E-state index in [0.717, 1.165) is 24.3 Å². The topological polar surface area (TPSA) is 26.8 Å². The molecule has 0 saturated carbocycles. The van der Waals surface area contributed by atoms with E-state index in [1.165, 1.54) is 4.90 Å². The molecule has 2 fully saturated rings. The van der Waals surface area contributed by atoms with Crippen LogP contribution in [0, 0.1) is 12.8 Å². The predicted octanol–water partition coefficient (Wildman–Crippen LogP) is 3.57. The molecule has 8 heteroatoms. The molecule has 2 heterocycles. The van der Waals surface area contributed by atoms with E-state index in [0.29, 0.717) is 31.1 Å². The molecule has 1 aromatic carbocycles. The van der Waals surface area contributed by atoms with Crippen LogP contribution in [0.5, 0.6) is 0 Å². The maximum atomic E-state index is 12.9. The predicted molar refractivity (Wildman–Crippen MR) is 100 cm³/mol. The van der Waals surface area contributed by atoms with Crippen LogP contribution in [0.3, 0.4) is 0 Å². The van der Waals surface area contributed by atoms with Crippen LogP contribution in [0.1, 0.15) is 18.4 Å². The minimum atomic E-state index is -4.22. The maximum absolute atomic E-state index is 12.9. The summed E-state index contributed by atoms with van der Waals surface area (Å²) in [5.41, 5.74) is 2.24. The first-order valence-corrected chi connectivity index (χ1v) is 9.70. The summed E-state index contributed by atoms with van der Waals surface area (Å²) in [5.74, 6) is -1.59. The van der Waals surface area contributed by atoms with Crippen molar-refractivity contribution in [1.29, 1.82) is 0 Å². The number of nitrogens with zero attached hydrogens (tertiary/aromatic N) is 3. The number of benzene rings is 1. The smallest absolute Gasteiger partial charge is 0.369 e. The van der Waals surface area contributed by atoms with Crippen LogP contribution in [0.4, 0.5) is 18.9 Å². The molecule has 1 amide bonds. The van der Waals surface area contributed by atoms with Crippen molar-refractivity contribution in [3.8, 4) is 0 Å². The van der Waals surface area contributed by atoms with E-state index in [1.54, 1.807) is 0 Å². The number of piperidine rings is 1. The van der Waals surface area contributed by atoms with Gasteiger partial charge >= 0.3 is 6.18 Å². The lowest BCUT2D eigenvalue weighted by Crippen LogP contribution is -2.52. The quantitative estimate of drug-likeness (QED) is 0.772. The lowest BCUT2D eigenvalue weighted by atomic mass is 9.97. The number of carbonyl (C=O) groups is 1. The first-order valence-electron chi connectivity index (χ1n) is 9.32. The number of piperazine rings is 1. The summed E-state index contributed by atoms with van der Waals surface area (Å²) in [7, 11) is 0. The SMILES string of the molecule is Cc1ccc(Cl)cc1N1CCN(CC(=O)N2CCCC(C(F)(F)F)C2)CC1. The normalized spacial score (nSPS) is 22.2. The molecule has 0 bridgehead atoms. The van der Waals surface area contributed by atoms with Gasteiger partial charge in [0.2, 0.25) is 5.91 Å². The third-order valence-corrected chi connectivity index (χ3v) is 5.72. The number of alkyl halides is 3. The van der Waals surface area contributed by atoms with Gasteiger partial charge in [0.25, 0.3) is 0 Å². The highest BCUT2D eigenvalue weighted by Crippen LogP contribution is 2.33. The molecule has 27 heavy (non-hydrogen) atoms. The van der Waals surface area contributed by atoms with Crippen molar-refractivity contribution in [2.24, 2.45) is 5.92 Å². The monoisotopic (exact) mass is 403 g/mol. The van der Waals surface area contributed by atoms with Crippen LogP contribution in [-0.2, 0) is 4.79 Å². The van der Waals surface area contributed by atoms with Gasteiger partial charge < -0.3 is 9.80 Å². The summed E-state index contributed by atoms with van der Waals surface area (Å²) in [5, 5.41) is 0.692. The zero-order valence-corrected chi connectivity index (χ0v) is 16.2. The number of anilines is 1. The standard InChI is InChI=1S/C19H25ClF3N3O/c1-14-4-5-16(20)11-17(14)25-9-7-24(8-10-25)13-18(27)26-6-2-3-15(12-26)19(21,22)23/h4-5,11,15H,2-3,6-10,12-13H2,1H3. The van der Waals surface area contributed by atoms with Gasteiger partial charge in [0.1, 0.15) is 0 Å². The van der Waals surface area contributed by atoms with Gasteiger partial charge in [-0.3, -0.25) is 9.69 Å². The molecule has 0 aliphatic carbocycles. The maximum Gasteiger partial charge on any atom is 0.393 e.